The fourth-order valence-electron chi connectivity index (χ4n) is 3.93. The molecule has 8 nitrogen and oxygen atoms in total. The van der Waals surface area contributed by atoms with E-state index in [0.717, 1.165) is 37.3 Å². The minimum atomic E-state index is -0.339. The van der Waals surface area contributed by atoms with E-state index in [9.17, 15) is 9.90 Å². The number of piperidine rings is 1. The number of ether oxygens (including phenoxy) is 1. The van der Waals surface area contributed by atoms with Crippen LogP contribution in [0.25, 0.3) is 0 Å². The Bertz CT molecular complexity index is 1160. The zero-order valence-corrected chi connectivity index (χ0v) is 19.1. The van der Waals surface area contributed by atoms with E-state index in [-0.39, 0.29) is 30.2 Å². The molecule has 3 heterocycles. The zero-order chi connectivity index (χ0) is 22.9. The van der Waals surface area contributed by atoms with Gasteiger partial charge in [0.05, 0.1) is 21.8 Å². The lowest BCUT2D eigenvalue weighted by molar-refractivity contribution is 0.0932. The van der Waals surface area contributed by atoms with Crippen molar-refractivity contribution in [3.63, 3.8) is 0 Å². The lowest BCUT2D eigenvalue weighted by atomic mass is 10.1. The highest BCUT2D eigenvalue weighted by atomic mass is 35.5. The second-order valence-corrected chi connectivity index (χ2v) is 8.69. The largest absolute Gasteiger partial charge is 0.455 e. The fraction of sp³-hybridized carbons (Fsp3) is 0.261. The summed E-state index contributed by atoms with van der Waals surface area (Å²) in [6.45, 7) is 1.61. The molecule has 1 fully saturated rings. The van der Waals surface area contributed by atoms with Gasteiger partial charge in [0, 0.05) is 30.7 Å². The van der Waals surface area contributed by atoms with Crippen LogP contribution in [0.15, 0.2) is 48.7 Å². The molecule has 170 valence electrons. The average Bonchev–Trinajstić information content (AvgIpc) is 2.81. The van der Waals surface area contributed by atoms with Crippen molar-refractivity contribution < 1.29 is 14.6 Å². The van der Waals surface area contributed by atoms with Gasteiger partial charge in [-0.05, 0) is 49.2 Å². The van der Waals surface area contributed by atoms with Crippen molar-refractivity contribution in [1.29, 1.82) is 0 Å². The Balaban J connectivity index is 1.30. The second kappa shape index (κ2) is 9.05. The lowest BCUT2D eigenvalue weighted by Gasteiger charge is -2.31. The van der Waals surface area contributed by atoms with E-state index in [4.69, 9.17) is 27.9 Å². The van der Waals surface area contributed by atoms with E-state index in [0.29, 0.717) is 21.7 Å². The quantitative estimate of drug-likeness (QED) is 0.562. The van der Waals surface area contributed by atoms with Gasteiger partial charge in [-0.1, -0.05) is 29.3 Å². The third kappa shape index (κ3) is 4.42. The molecule has 0 radical (unpaired) electrons. The van der Waals surface area contributed by atoms with Gasteiger partial charge in [-0.25, -0.2) is 4.98 Å². The van der Waals surface area contributed by atoms with Crippen LogP contribution in [0.4, 0.5) is 23.0 Å². The van der Waals surface area contributed by atoms with E-state index in [1.54, 1.807) is 18.2 Å². The van der Waals surface area contributed by atoms with Gasteiger partial charge in [-0.3, -0.25) is 9.69 Å². The first-order valence-corrected chi connectivity index (χ1v) is 11.3. The van der Waals surface area contributed by atoms with Gasteiger partial charge >= 0.3 is 0 Å². The fourth-order valence-corrected chi connectivity index (χ4v) is 4.54. The molecule has 5 rings (SSSR count). The summed E-state index contributed by atoms with van der Waals surface area (Å²) in [5, 5.41) is 13.5. The SMILES string of the molecule is O=C1c2cnc(Nc3ccc(N4CCC(O)CC4)cc3)nc2OCN1c1c(Cl)cccc1Cl. The Labute approximate surface area is 200 Å². The summed E-state index contributed by atoms with van der Waals surface area (Å²) in [7, 11) is 0. The maximum Gasteiger partial charge on any atom is 0.268 e. The minimum Gasteiger partial charge on any atom is -0.455 e. The predicted octanol–water partition coefficient (Wildman–Crippen LogP) is 4.48. The maximum absolute atomic E-state index is 13.0. The molecular weight excluding hydrogens is 465 g/mol. The number of anilines is 4. The highest BCUT2D eigenvalue weighted by Gasteiger charge is 2.31. The van der Waals surface area contributed by atoms with Gasteiger partial charge in [-0.15, -0.1) is 0 Å². The number of amides is 1. The Morgan fingerprint density at radius 2 is 1.76 bits per heavy atom. The van der Waals surface area contributed by atoms with Gasteiger partial charge in [0.25, 0.3) is 5.91 Å². The van der Waals surface area contributed by atoms with E-state index in [1.165, 1.54) is 11.1 Å². The first-order valence-electron chi connectivity index (χ1n) is 10.6. The van der Waals surface area contributed by atoms with Crippen molar-refractivity contribution in [2.75, 3.05) is 34.9 Å². The number of halogens is 2. The molecule has 10 heteroatoms. The van der Waals surface area contributed by atoms with Gasteiger partial charge in [0.2, 0.25) is 11.8 Å². The first-order chi connectivity index (χ1) is 16.0. The monoisotopic (exact) mass is 485 g/mol. The van der Waals surface area contributed by atoms with Crippen LogP contribution in [0.5, 0.6) is 5.88 Å². The van der Waals surface area contributed by atoms with Crippen LogP contribution in [0.3, 0.4) is 0 Å². The topological polar surface area (TPSA) is 90.8 Å². The molecule has 2 aliphatic heterocycles. The van der Waals surface area contributed by atoms with Crippen molar-refractivity contribution >= 4 is 52.1 Å². The minimum absolute atomic E-state index is 0.0645. The molecule has 0 aliphatic carbocycles. The molecule has 0 spiro atoms. The number of hydrogen-bond donors (Lipinski definition) is 2. The van der Waals surface area contributed by atoms with Gasteiger partial charge in [-0.2, -0.15) is 4.98 Å². The Morgan fingerprint density at radius 1 is 1.06 bits per heavy atom. The second-order valence-electron chi connectivity index (χ2n) is 7.88. The number of aromatic nitrogens is 2. The Hall–Kier alpha value is -3.07. The summed E-state index contributed by atoms with van der Waals surface area (Å²) >= 11 is 12.5. The lowest BCUT2D eigenvalue weighted by Crippen LogP contribution is -2.39. The predicted molar refractivity (Wildman–Crippen MR) is 128 cm³/mol. The van der Waals surface area contributed by atoms with Crippen LogP contribution in [-0.4, -0.2) is 46.9 Å². The van der Waals surface area contributed by atoms with Crippen LogP contribution in [-0.2, 0) is 0 Å². The van der Waals surface area contributed by atoms with Crippen LogP contribution in [0, 0.1) is 0 Å². The summed E-state index contributed by atoms with van der Waals surface area (Å²) in [5.74, 6) is 0.175. The number of aliphatic hydroxyl groups is 1. The van der Waals surface area contributed by atoms with Crippen LogP contribution < -0.4 is 19.9 Å². The molecule has 0 bridgehead atoms. The number of nitrogens with one attached hydrogen (secondary N) is 1. The van der Waals surface area contributed by atoms with E-state index in [2.05, 4.69) is 20.2 Å². The van der Waals surface area contributed by atoms with Gasteiger partial charge in [0.15, 0.2) is 6.73 Å². The highest BCUT2D eigenvalue weighted by Crippen LogP contribution is 2.37. The molecule has 2 aliphatic rings. The molecule has 1 amide bonds. The molecule has 2 aromatic carbocycles. The zero-order valence-electron chi connectivity index (χ0n) is 17.5. The standard InChI is InChI=1S/C23H21Cl2N5O3/c24-18-2-1-3-19(25)20(18)30-13-33-21-17(22(30)32)12-26-23(28-21)27-14-4-6-15(7-5-14)29-10-8-16(31)9-11-29/h1-7,12,16,31H,8-11,13H2,(H,26,27,28). The normalized spacial score (nSPS) is 16.4. The molecule has 3 aromatic rings. The number of fused-ring (bicyclic) bond motifs is 1. The molecule has 2 N–H and O–H groups in total. The molecule has 1 saturated heterocycles. The van der Waals surface area contributed by atoms with Crippen molar-refractivity contribution in [1.82, 2.24) is 9.97 Å². The Kier molecular flexibility index (Phi) is 5.97. The number of para-hydroxylation sites is 1. The van der Waals surface area contributed by atoms with Gasteiger partial charge in [0.1, 0.15) is 5.56 Å². The number of carbonyl (C=O) groups is 1. The maximum atomic E-state index is 13.0. The van der Waals surface area contributed by atoms with Gasteiger partial charge < -0.3 is 20.1 Å². The summed E-state index contributed by atoms with van der Waals surface area (Å²) < 4.78 is 5.73. The number of nitrogens with zero attached hydrogens (tertiary/aromatic N) is 4. The molecule has 0 unspecified atom stereocenters. The van der Waals surface area contributed by atoms with Crippen LogP contribution in [0.2, 0.25) is 10.0 Å². The summed E-state index contributed by atoms with van der Waals surface area (Å²) in [6, 6.07) is 13.0. The van der Waals surface area contributed by atoms with Crippen molar-refractivity contribution in [2.24, 2.45) is 0 Å². The summed E-state index contributed by atoms with van der Waals surface area (Å²) in [5.41, 5.74) is 2.53. The third-order valence-corrected chi connectivity index (χ3v) is 6.33. The van der Waals surface area contributed by atoms with E-state index < -0.39 is 0 Å². The van der Waals surface area contributed by atoms with E-state index in [1.807, 2.05) is 24.3 Å². The molecule has 1 aromatic heterocycles. The van der Waals surface area contributed by atoms with E-state index >= 15 is 0 Å². The number of rotatable bonds is 4. The summed E-state index contributed by atoms with van der Waals surface area (Å²) in [4.78, 5) is 25.3. The van der Waals surface area contributed by atoms with Crippen molar-refractivity contribution in [2.45, 2.75) is 18.9 Å². The first kappa shape index (κ1) is 21.8. The molecular formula is C23H21Cl2N5O3. The average molecular weight is 486 g/mol. The number of benzene rings is 2. The highest BCUT2D eigenvalue weighted by molar-refractivity contribution is 6.40. The third-order valence-electron chi connectivity index (χ3n) is 5.72. The number of hydrogen-bond acceptors (Lipinski definition) is 7. The number of carbonyl (C=O) groups excluding carboxylic acids is 1. The molecule has 33 heavy (non-hydrogen) atoms. The number of aliphatic hydroxyl groups excluding tert-OH is 1. The Morgan fingerprint density at radius 3 is 2.45 bits per heavy atom. The van der Waals surface area contributed by atoms with Crippen molar-refractivity contribution in [3.05, 3.63) is 64.3 Å². The molecule has 0 atom stereocenters. The molecule has 0 saturated carbocycles. The van der Waals surface area contributed by atoms with Crippen LogP contribution >= 0.6 is 23.2 Å². The van der Waals surface area contributed by atoms with Crippen LogP contribution in [0.1, 0.15) is 23.2 Å². The van der Waals surface area contributed by atoms with Crippen molar-refractivity contribution in [3.8, 4) is 5.88 Å². The summed E-state index contributed by atoms with van der Waals surface area (Å²) in [6.07, 6.45) is 2.78. The smallest absolute Gasteiger partial charge is 0.268 e.